The van der Waals surface area contributed by atoms with E-state index in [-0.39, 0.29) is 29.4 Å². The number of aromatic hydroxyl groups is 1. The SMILES string of the molecule is CC(C)(C)c1ccc(C(O)C[NH2+]CCC(=O)c2ccc(O)cc2)cc1.[Cl-]. The predicted octanol–water partition coefficient (Wildman–Crippen LogP) is -0.436. The Bertz CT molecular complexity index is 691. The van der Waals surface area contributed by atoms with Gasteiger partial charge >= 0.3 is 0 Å². The molecule has 0 fully saturated rings. The highest BCUT2D eigenvalue weighted by molar-refractivity contribution is 5.96. The van der Waals surface area contributed by atoms with Gasteiger partial charge in [-0.2, -0.15) is 0 Å². The van der Waals surface area contributed by atoms with Gasteiger partial charge in [-0.25, -0.2) is 0 Å². The van der Waals surface area contributed by atoms with E-state index in [0.717, 1.165) is 5.56 Å². The molecule has 0 aromatic heterocycles. The van der Waals surface area contributed by atoms with Crippen LogP contribution in [0.5, 0.6) is 5.75 Å². The monoisotopic (exact) mass is 377 g/mol. The van der Waals surface area contributed by atoms with Crippen molar-refractivity contribution in [2.75, 3.05) is 13.1 Å². The summed E-state index contributed by atoms with van der Waals surface area (Å²) in [5, 5.41) is 21.5. The molecule has 0 saturated carbocycles. The van der Waals surface area contributed by atoms with Crippen LogP contribution in [-0.2, 0) is 5.41 Å². The fourth-order valence-electron chi connectivity index (χ4n) is 2.64. The molecule has 2 rings (SSSR count). The lowest BCUT2D eigenvalue weighted by Crippen LogP contribution is -3.00. The molecule has 0 heterocycles. The van der Waals surface area contributed by atoms with Gasteiger partial charge < -0.3 is 27.9 Å². The number of aliphatic hydroxyl groups is 1. The Morgan fingerprint density at radius 3 is 2.15 bits per heavy atom. The van der Waals surface area contributed by atoms with Gasteiger partial charge in [0.2, 0.25) is 0 Å². The van der Waals surface area contributed by atoms with Gasteiger partial charge in [-0.05, 0) is 40.8 Å². The van der Waals surface area contributed by atoms with Gasteiger partial charge in [0.15, 0.2) is 5.78 Å². The van der Waals surface area contributed by atoms with Crippen molar-refractivity contribution in [3.05, 3.63) is 65.2 Å². The molecule has 142 valence electrons. The van der Waals surface area contributed by atoms with E-state index in [0.29, 0.717) is 25.1 Å². The molecule has 1 atom stereocenters. The Kier molecular flexibility index (Phi) is 8.28. The number of aliphatic hydroxyl groups excluding tert-OH is 1. The second-order valence-corrected chi connectivity index (χ2v) is 7.42. The van der Waals surface area contributed by atoms with E-state index in [9.17, 15) is 15.0 Å². The fraction of sp³-hybridized carbons (Fsp3) is 0.381. The van der Waals surface area contributed by atoms with E-state index in [1.54, 1.807) is 12.1 Å². The van der Waals surface area contributed by atoms with Crippen molar-refractivity contribution in [2.45, 2.75) is 38.7 Å². The number of carbonyl (C=O) groups excluding carboxylic acids is 1. The smallest absolute Gasteiger partial charge is 0.168 e. The molecule has 1 unspecified atom stereocenters. The number of Topliss-reactive ketones (excluding diaryl/α,β-unsaturated/α-hetero) is 1. The molecule has 4 nitrogen and oxygen atoms in total. The van der Waals surface area contributed by atoms with Crippen molar-refractivity contribution in [2.24, 2.45) is 0 Å². The molecule has 0 radical (unpaired) electrons. The summed E-state index contributed by atoms with van der Waals surface area (Å²) in [5.74, 6) is 0.198. The maximum atomic E-state index is 12.0. The Labute approximate surface area is 161 Å². The molecule has 4 N–H and O–H groups in total. The Morgan fingerprint density at radius 2 is 1.62 bits per heavy atom. The minimum absolute atomic E-state index is 0. The zero-order valence-corrected chi connectivity index (χ0v) is 16.3. The summed E-state index contributed by atoms with van der Waals surface area (Å²) in [6.45, 7) is 7.64. The molecule has 5 heteroatoms. The average molecular weight is 378 g/mol. The second-order valence-electron chi connectivity index (χ2n) is 7.42. The minimum atomic E-state index is -0.544. The van der Waals surface area contributed by atoms with Crippen LogP contribution in [0, 0.1) is 0 Å². The third-order valence-corrected chi connectivity index (χ3v) is 4.32. The van der Waals surface area contributed by atoms with Crippen LogP contribution in [0.3, 0.4) is 0 Å². The number of hydrogen-bond donors (Lipinski definition) is 3. The fourth-order valence-corrected chi connectivity index (χ4v) is 2.64. The first-order chi connectivity index (χ1) is 11.8. The molecule has 0 aliphatic heterocycles. The van der Waals surface area contributed by atoms with Crippen LogP contribution in [0.4, 0.5) is 0 Å². The number of rotatable bonds is 7. The summed E-state index contributed by atoms with van der Waals surface area (Å²) in [6.07, 6.45) is -0.140. The molecule has 26 heavy (non-hydrogen) atoms. The van der Waals surface area contributed by atoms with Crippen LogP contribution in [0.15, 0.2) is 48.5 Å². The van der Waals surface area contributed by atoms with Crippen molar-refractivity contribution in [3.8, 4) is 5.75 Å². The van der Waals surface area contributed by atoms with E-state index in [4.69, 9.17) is 0 Å². The number of hydrogen-bond acceptors (Lipinski definition) is 3. The summed E-state index contributed by atoms with van der Waals surface area (Å²) in [5.41, 5.74) is 2.84. The van der Waals surface area contributed by atoms with Gasteiger partial charge in [-0.1, -0.05) is 45.0 Å². The van der Waals surface area contributed by atoms with Crippen LogP contribution in [0.1, 0.15) is 54.8 Å². The number of phenolic OH excluding ortho intramolecular Hbond substituents is 1. The zero-order valence-electron chi connectivity index (χ0n) is 15.6. The van der Waals surface area contributed by atoms with Crippen LogP contribution in [0.25, 0.3) is 0 Å². The van der Waals surface area contributed by atoms with Crippen LogP contribution >= 0.6 is 0 Å². The normalized spacial score (nSPS) is 12.3. The molecular weight excluding hydrogens is 350 g/mol. The first kappa shape index (κ1) is 22.2. The molecule has 0 aliphatic carbocycles. The van der Waals surface area contributed by atoms with Crippen LogP contribution in [-0.4, -0.2) is 29.1 Å². The minimum Gasteiger partial charge on any atom is -1.00 e. The Balaban J connectivity index is 0.00000338. The summed E-state index contributed by atoms with van der Waals surface area (Å²) in [6, 6.07) is 14.4. The maximum absolute atomic E-state index is 12.0. The zero-order chi connectivity index (χ0) is 18.4. The predicted molar refractivity (Wildman–Crippen MR) is 98.8 cm³/mol. The maximum Gasteiger partial charge on any atom is 0.168 e. The first-order valence-electron chi connectivity index (χ1n) is 8.70. The van der Waals surface area contributed by atoms with Crippen LogP contribution < -0.4 is 17.7 Å². The highest BCUT2D eigenvalue weighted by Gasteiger charge is 2.15. The molecule has 2 aromatic carbocycles. The van der Waals surface area contributed by atoms with Gasteiger partial charge in [0.25, 0.3) is 0 Å². The van der Waals surface area contributed by atoms with Gasteiger partial charge in [0, 0.05) is 5.56 Å². The molecule has 2 aromatic rings. The molecule has 0 saturated heterocycles. The molecule has 0 spiro atoms. The molecular formula is C21H28ClNO3. The van der Waals surface area contributed by atoms with E-state index in [1.165, 1.54) is 17.7 Å². The largest absolute Gasteiger partial charge is 1.00 e. The number of nitrogens with two attached hydrogens (primary N) is 1. The lowest BCUT2D eigenvalue weighted by atomic mass is 9.86. The lowest BCUT2D eigenvalue weighted by molar-refractivity contribution is -0.660. The Morgan fingerprint density at radius 1 is 1.04 bits per heavy atom. The molecule has 0 bridgehead atoms. The number of quaternary nitrogens is 1. The van der Waals surface area contributed by atoms with E-state index < -0.39 is 6.10 Å². The number of ketones is 1. The lowest BCUT2D eigenvalue weighted by Gasteiger charge is -2.19. The topological polar surface area (TPSA) is 74.1 Å². The highest BCUT2D eigenvalue weighted by Crippen LogP contribution is 2.23. The van der Waals surface area contributed by atoms with E-state index in [2.05, 4.69) is 32.9 Å². The van der Waals surface area contributed by atoms with E-state index >= 15 is 0 Å². The molecule has 0 aliphatic rings. The van der Waals surface area contributed by atoms with Crippen molar-refractivity contribution in [3.63, 3.8) is 0 Å². The Hall–Kier alpha value is -1.88. The summed E-state index contributed by atoms with van der Waals surface area (Å²) >= 11 is 0. The average Bonchev–Trinajstić information content (AvgIpc) is 2.58. The standard InChI is InChI=1S/C21H27NO3.ClH/c1-21(2,3)17-8-4-16(5-9-17)20(25)14-22-13-12-19(24)15-6-10-18(23)11-7-15;/h4-11,20,22-23,25H,12-14H2,1-3H3;1H. The van der Waals surface area contributed by atoms with Crippen molar-refractivity contribution in [1.29, 1.82) is 0 Å². The summed E-state index contributed by atoms with van der Waals surface area (Å²) in [4.78, 5) is 12.0. The van der Waals surface area contributed by atoms with Gasteiger partial charge in [0.1, 0.15) is 18.4 Å². The number of carbonyl (C=O) groups is 1. The third kappa shape index (κ3) is 6.45. The number of halogens is 1. The summed E-state index contributed by atoms with van der Waals surface area (Å²) in [7, 11) is 0. The quantitative estimate of drug-likeness (QED) is 0.452. The number of benzene rings is 2. The van der Waals surface area contributed by atoms with Gasteiger partial charge in [-0.15, -0.1) is 0 Å². The van der Waals surface area contributed by atoms with Crippen molar-refractivity contribution in [1.82, 2.24) is 0 Å². The number of phenols is 1. The van der Waals surface area contributed by atoms with Crippen LogP contribution in [0.2, 0.25) is 0 Å². The van der Waals surface area contributed by atoms with Crippen molar-refractivity contribution < 1.29 is 32.7 Å². The van der Waals surface area contributed by atoms with E-state index in [1.807, 2.05) is 17.4 Å². The van der Waals surface area contributed by atoms with Gasteiger partial charge in [-0.3, -0.25) is 4.79 Å². The second kappa shape index (κ2) is 9.72. The van der Waals surface area contributed by atoms with Crippen molar-refractivity contribution >= 4 is 5.78 Å². The molecule has 0 amide bonds. The third-order valence-electron chi connectivity index (χ3n) is 4.32. The van der Waals surface area contributed by atoms with Gasteiger partial charge in [0.05, 0.1) is 13.0 Å². The first-order valence-corrected chi connectivity index (χ1v) is 8.70. The summed E-state index contributed by atoms with van der Waals surface area (Å²) < 4.78 is 0. The highest BCUT2D eigenvalue weighted by atomic mass is 35.5.